The number of rotatable bonds is 6. The van der Waals surface area contributed by atoms with E-state index in [1.54, 1.807) is 7.11 Å². The van der Waals surface area contributed by atoms with E-state index in [9.17, 15) is 0 Å². The average molecular weight is 223 g/mol. The second kappa shape index (κ2) is 6.38. The molecule has 0 aliphatic carbocycles. The van der Waals surface area contributed by atoms with Crippen molar-refractivity contribution in [1.82, 2.24) is 0 Å². The molecule has 3 nitrogen and oxygen atoms in total. The van der Waals surface area contributed by atoms with Crippen molar-refractivity contribution in [3.8, 4) is 11.5 Å². The molecule has 1 rings (SSSR count). The molecule has 0 bridgehead atoms. The minimum Gasteiger partial charge on any atom is -0.497 e. The molecule has 0 saturated heterocycles. The van der Waals surface area contributed by atoms with Crippen molar-refractivity contribution in [3.63, 3.8) is 0 Å². The smallest absolute Gasteiger partial charge is 0.124 e. The summed E-state index contributed by atoms with van der Waals surface area (Å²) in [6.07, 6.45) is 2.40. The quantitative estimate of drug-likeness (QED) is 0.806. The highest BCUT2D eigenvalue weighted by atomic mass is 16.5. The maximum absolute atomic E-state index is 5.84. The third kappa shape index (κ3) is 3.42. The van der Waals surface area contributed by atoms with E-state index in [-0.39, 0.29) is 6.10 Å². The zero-order valence-electron chi connectivity index (χ0n) is 10.3. The standard InChI is InChI=1S/C13H21NO2/c1-4-5-10(2)16-13-7-6-12(15-3)8-11(13)9-14/h6-8,10H,4-5,9,14H2,1-3H3. The summed E-state index contributed by atoms with van der Waals surface area (Å²) in [6, 6.07) is 5.74. The summed E-state index contributed by atoms with van der Waals surface area (Å²) in [6.45, 7) is 4.69. The third-order valence-corrected chi connectivity index (χ3v) is 2.51. The first-order valence-electron chi connectivity index (χ1n) is 5.74. The maximum atomic E-state index is 5.84. The minimum absolute atomic E-state index is 0.226. The second-order valence-electron chi connectivity index (χ2n) is 3.89. The molecular weight excluding hydrogens is 202 g/mol. The fourth-order valence-corrected chi connectivity index (χ4v) is 1.64. The zero-order valence-corrected chi connectivity index (χ0v) is 10.3. The first-order chi connectivity index (χ1) is 7.71. The highest BCUT2D eigenvalue weighted by Gasteiger charge is 2.08. The van der Waals surface area contributed by atoms with Crippen LogP contribution in [0.1, 0.15) is 32.3 Å². The van der Waals surface area contributed by atoms with E-state index < -0.39 is 0 Å². The Bertz CT molecular complexity index is 326. The fourth-order valence-electron chi connectivity index (χ4n) is 1.64. The van der Waals surface area contributed by atoms with Crippen LogP contribution in [-0.4, -0.2) is 13.2 Å². The summed E-state index contributed by atoms with van der Waals surface area (Å²) >= 11 is 0. The van der Waals surface area contributed by atoms with Crippen molar-refractivity contribution in [2.24, 2.45) is 5.73 Å². The lowest BCUT2D eigenvalue weighted by Crippen LogP contribution is -2.13. The largest absolute Gasteiger partial charge is 0.497 e. The summed E-state index contributed by atoms with van der Waals surface area (Å²) in [5.41, 5.74) is 6.68. The molecule has 1 unspecified atom stereocenters. The Labute approximate surface area is 97.6 Å². The summed E-state index contributed by atoms with van der Waals surface area (Å²) in [7, 11) is 1.65. The number of methoxy groups -OCH3 is 1. The van der Waals surface area contributed by atoms with Crippen LogP contribution in [0.4, 0.5) is 0 Å². The lowest BCUT2D eigenvalue weighted by atomic mass is 10.1. The van der Waals surface area contributed by atoms with Crippen LogP contribution in [-0.2, 0) is 6.54 Å². The van der Waals surface area contributed by atoms with Crippen molar-refractivity contribution in [2.45, 2.75) is 39.3 Å². The predicted molar refractivity (Wildman–Crippen MR) is 65.9 cm³/mol. The first-order valence-corrected chi connectivity index (χ1v) is 5.74. The summed E-state index contributed by atoms with van der Waals surface area (Å²) in [4.78, 5) is 0. The van der Waals surface area contributed by atoms with E-state index in [1.165, 1.54) is 0 Å². The van der Waals surface area contributed by atoms with Crippen LogP contribution in [0.25, 0.3) is 0 Å². The average Bonchev–Trinajstić information content (AvgIpc) is 2.30. The Morgan fingerprint density at radius 1 is 1.38 bits per heavy atom. The molecule has 0 spiro atoms. The summed E-state index contributed by atoms with van der Waals surface area (Å²) in [5.74, 6) is 1.68. The van der Waals surface area contributed by atoms with Gasteiger partial charge in [-0.15, -0.1) is 0 Å². The van der Waals surface area contributed by atoms with Gasteiger partial charge < -0.3 is 15.2 Å². The Balaban J connectivity index is 2.78. The molecule has 0 aliphatic rings. The van der Waals surface area contributed by atoms with Crippen LogP contribution in [0.3, 0.4) is 0 Å². The van der Waals surface area contributed by atoms with Gasteiger partial charge >= 0.3 is 0 Å². The topological polar surface area (TPSA) is 44.5 Å². The minimum atomic E-state index is 0.226. The van der Waals surface area contributed by atoms with Crippen molar-refractivity contribution in [1.29, 1.82) is 0 Å². The van der Waals surface area contributed by atoms with Gasteiger partial charge in [0.05, 0.1) is 13.2 Å². The van der Waals surface area contributed by atoms with E-state index in [2.05, 4.69) is 13.8 Å². The molecule has 3 heteroatoms. The molecule has 2 N–H and O–H groups in total. The van der Waals surface area contributed by atoms with Gasteiger partial charge in [-0.2, -0.15) is 0 Å². The van der Waals surface area contributed by atoms with Gasteiger partial charge in [0.25, 0.3) is 0 Å². The maximum Gasteiger partial charge on any atom is 0.124 e. The third-order valence-electron chi connectivity index (χ3n) is 2.51. The second-order valence-corrected chi connectivity index (χ2v) is 3.89. The molecule has 1 aromatic rings. The number of hydrogen-bond acceptors (Lipinski definition) is 3. The Hall–Kier alpha value is -1.22. The molecule has 0 heterocycles. The molecule has 0 fully saturated rings. The lowest BCUT2D eigenvalue weighted by molar-refractivity contribution is 0.207. The number of benzene rings is 1. The van der Waals surface area contributed by atoms with Crippen LogP contribution < -0.4 is 15.2 Å². The van der Waals surface area contributed by atoms with Gasteiger partial charge in [0.1, 0.15) is 11.5 Å². The van der Waals surface area contributed by atoms with Crippen molar-refractivity contribution < 1.29 is 9.47 Å². The van der Waals surface area contributed by atoms with Crippen molar-refractivity contribution >= 4 is 0 Å². The first kappa shape index (κ1) is 12.8. The van der Waals surface area contributed by atoms with E-state index >= 15 is 0 Å². The summed E-state index contributed by atoms with van der Waals surface area (Å²) in [5, 5.41) is 0. The van der Waals surface area contributed by atoms with Gasteiger partial charge in [0.15, 0.2) is 0 Å². The molecule has 0 radical (unpaired) electrons. The van der Waals surface area contributed by atoms with E-state index in [0.29, 0.717) is 6.54 Å². The molecule has 0 aromatic heterocycles. The van der Waals surface area contributed by atoms with Crippen LogP contribution in [0.15, 0.2) is 18.2 Å². The SMILES string of the molecule is CCCC(C)Oc1ccc(OC)cc1CN. The zero-order chi connectivity index (χ0) is 12.0. The fraction of sp³-hybridized carbons (Fsp3) is 0.538. The lowest BCUT2D eigenvalue weighted by Gasteiger charge is -2.17. The molecule has 0 aliphatic heterocycles. The number of nitrogens with two attached hydrogens (primary N) is 1. The van der Waals surface area contributed by atoms with Gasteiger partial charge in [0, 0.05) is 12.1 Å². The Morgan fingerprint density at radius 2 is 2.12 bits per heavy atom. The summed E-state index contributed by atoms with van der Waals surface area (Å²) < 4.78 is 11.0. The van der Waals surface area contributed by atoms with Gasteiger partial charge in [-0.1, -0.05) is 13.3 Å². The highest BCUT2D eigenvalue weighted by molar-refractivity contribution is 5.40. The van der Waals surface area contributed by atoms with Crippen LogP contribution >= 0.6 is 0 Å². The number of ether oxygens (including phenoxy) is 2. The molecule has 0 saturated carbocycles. The molecular formula is C13H21NO2. The van der Waals surface area contributed by atoms with Crippen LogP contribution in [0, 0.1) is 0 Å². The van der Waals surface area contributed by atoms with E-state index in [4.69, 9.17) is 15.2 Å². The molecule has 90 valence electrons. The van der Waals surface area contributed by atoms with Gasteiger partial charge in [-0.3, -0.25) is 0 Å². The van der Waals surface area contributed by atoms with E-state index in [1.807, 2.05) is 18.2 Å². The molecule has 16 heavy (non-hydrogen) atoms. The van der Waals surface area contributed by atoms with Crippen molar-refractivity contribution in [3.05, 3.63) is 23.8 Å². The Morgan fingerprint density at radius 3 is 2.69 bits per heavy atom. The van der Waals surface area contributed by atoms with Crippen molar-refractivity contribution in [2.75, 3.05) is 7.11 Å². The molecule has 1 aromatic carbocycles. The van der Waals surface area contributed by atoms with E-state index in [0.717, 1.165) is 29.9 Å². The Kier molecular flexibility index (Phi) is 5.12. The normalized spacial score (nSPS) is 12.2. The molecule has 1 atom stereocenters. The number of hydrogen-bond donors (Lipinski definition) is 1. The molecule has 0 amide bonds. The van der Waals surface area contributed by atoms with Gasteiger partial charge in [-0.25, -0.2) is 0 Å². The predicted octanol–water partition coefficient (Wildman–Crippen LogP) is 2.72. The van der Waals surface area contributed by atoms with Gasteiger partial charge in [-0.05, 0) is 31.5 Å². The van der Waals surface area contributed by atoms with Crippen LogP contribution in [0.2, 0.25) is 0 Å². The van der Waals surface area contributed by atoms with Crippen LogP contribution in [0.5, 0.6) is 11.5 Å². The van der Waals surface area contributed by atoms with Gasteiger partial charge in [0.2, 0.25) is 0 Å². The highest BCUT2D eigenvalue weighted by Crippen LogP contribution is 2.25. The monoisotopic (exact) mass is 223 g/mol.